The average molecular weight is 537 g/mol. The Kier molecular flexibility index (Phi) is 8.01. The van der Waals surface area contributed by atoms with Crippen LogP contribution in [0.15, 0.2) is 133 Å². The predicted molar refractivity (Wildman–Crippen MR) is 152 cm³/mol. The highest BCUT2D eigenvalue weighted by molar-refractivity contribution is 5.89. The van der Waals surface area contributed by atoms with Crippen LogP contribution < -0.4 is 0 Å². The maximum absolute atomic E-state index is 13.0. The molecule has 0 bridgehead atoms. The third kappa shape index (κ3) is 5.64. The van der Waals surface area contributed by atoms with Gasteiger partial charge in [0.2, 0.25) is 5.76 Å². The number of hydrogen-bond acceptors (Lipinski definition) is 6. The SMILES string of the molecule is O=C1O[C@H]([C@](O)(Cc2ccccc2)C(Cc2ccccc2)(Cc2ccccc2)OCc2ccccc2)C(O)=C1O. The van der Waals surface area contributed by atoms with Crippen LogP contribution in [0.4, 0.5) is 0 Å². The molecule has 6 heteroatoms. The molecule has 1 aliphatic rings. The van der Waals surface area contributed by atoms with E-state index >= 15 is 0 Å². The largest absolute Gasteiger partial charge is 0.505 e. The van der Waals surface area contributed by atoms with Crippen LogP contribution in [-0.2, 0) is 40.1 Å². The predicted octanol–water partition coefficient (Wildman–Crippen LogP) is 5.65. The van der Waals surface area contributed by atoms with Crippen molar-refractivity contribution >= 4 is 5.97 Å². The standard InChI is InChI=1S/C34H32O6/c35-29-30(36)32(37)40-31(29)34(38,23-27-17-9-3-10-18-27)33(21-25-13-5-1-6-14-25,22-26-15-7-2-8-16-26)39-24-28-19-11-4-12-20-28/h1-20,31,35-36,38H,21-24H2/t31-,34+/m0/s1. The molecule has 0 spiro atoms. The van der Waals surface area contributed by atoms with Crippen molar-refractivity contribution in [2.45, 2.75) is 43.2 Å². The van der Waals surface area contributed by atoms with Crippen molar-refractivity contribution in [1.29, 1.82) is 0 Å². The highest BCUT2D eigenvalue weighted by Gasteiger charge is 2.61. The minimum Gasteiger partial charge on any atom is -0.505 e. The van der Waals surface area contributed by atoms with Crippen LogP contribution in [-0.4, -0.2) is 38.6 Å². The molecule has 0 aliphatic carbocycles. The summed E-state index contributed by atoms with van der Waals surface area (Å²) in [5.41, 5.74) is -0.0515. The number of aliphatic hydroxyl groups is 3. The summed E-state index contributed by atoms with van der Waals surface area (Å²) in [7, 11) is 0. The lowest BCUT2D eigenvalue weighted by molar-refractivity contribution is -0.230. The first-order valence-corrected chi connectivity index (χ1v) is 13.3. The first-order valence-electron chi connectivity index (χ1n) is 13.3. The number of cyclic esters (lactones) is 1. The molecule has 0 saturated heterocycles. The van der Waals surface area contributed by atoms with Crippen molar-refractivity contribution in [3.8, 4) is 0 Å². The average Bonchev–Trinajstić information content (AvgIpc) is 3.25. The Balaban J connectivity index is 1.71. The zero-order valence-electron chi connectivity index (χ0n) is 22.0. The molecule has 4 aromatic carbocycles. The van der Waals surface area contributed by atoms with Gasteiger partial charge in [-0.15, -0.1) is 0 Å². The van der Waals surface area contributed by atoms with E-state index in [1.54, 1.807) is 0 Å². The molecular weight excluding hydrogens is 504 g/mol. The minimum absolute atomic E-state index is 0.0302. The number of hydrogen-bond donors (Lipinski definition) is 3. The molecule has 40 heavy (non-hydrogen) atoms. The van der Waals surface area contributed by atoms with Crippen molar-refractivity contribution in [3.63, 3.8) is 0 Å². The van der Waals surface area contributed by atoms with Gasteiger partial charge in [0.15, 0.2) is 11.9 Å². The number of esters is 1. The molecule has 0 unspecified atom stereocenters. The molecular formula is C34H32O6. The summed E-state index contributed by atoms with van der Waals surface area (Å²) in [5, 5.41) is 34.3. The van der Waals surface area contributed by atoms with E-state index in [9.17, 15) is 20.1 Å². The first kappa shape index (κ1) is 27.2. The Labute approximate surface area is 233 Å². The molecule has 0 fully saturated rings. The zero-order valence-corrected chi connectivity index (χ0v) is 22.0. The van der Waals surface area contributed by atoms with Gasteiger partial charge in [0, 0.05) is 19.3 Å². The fourth-order valence-corrected chi connectivity index (χ4v) is 5.41. The van der Waals surface area contributed by atoms with E-state index in [0.717, 1.165) is 22.3 Å². The van der Waals surface area contributed by atoms with Gasteiger partial charge in [-0.1, -0.05) is 121 Å². The fourth-order valence-electron chi connectivity index (χ4n) is 5.41. The second-order valence-electron chi connectivity index (χ2n) is 10.2. The number of benzene rings is 4. The van der Waals surface area contributed by atoms with Crippen molar-refractivity contribution in [3.05, 3.63) is 155 Å². The molecule has 6 nitrogen and oxygen atoms in total. The summed E-state index contributed by atoms with van der Waals surface area (Å²) in [6, 6.07) is 38.2. The van der Waals surface area contributed by atoms with Crippen LogP contribution in [0.3, 0.4) is 0 Å². The van der Waals surface area contributed by atoms with Crippen LogP contribution in [0.1, 0.15) is 22.3 Å². The summed E-state index contributed by atoms with van der Waals surface area (Å²) in [4.78, 5) is 12.5. The Hall–Kier alpha value is -4.39. The van der Waals surface area contributed by atoms with Gasteiger partial charge in [-0.2, -0.15) is 0 Å². The molecule has 0 aromatic heterocycles. The second kappa shape index (κ2) is 11.8. The number of rotatable bonds is 11. The van der Waals surface area contributed by atoms with Crippen LogP contribution in [0.25, 0.3) is 0 Å². The number of aliphatic hydroxyl groups excluding tert-OH is 2. The highest BCUT2D eigenvalue weighted by atomic mass is 16.6. The Bertz CT molecular complexity index is 1400. The number of carbonyl (C=O) groups excluding carboxylic acids is 1. The van der Waals surface area contributed by atoms with E-state index < -0.39 is 34.8 Å². The van der Waals surface area contributed by atoms with Gasteiger partial charge in [-0.3, -0.25) is 0 Å². The van der Waals surface area contributed by atoms with E-state index in [4.69, 9.17) is 9.47 Å². The van der Waals surface area contributed by atoms with E-state index in [-0.39, 0.29) is 25.9 Å². The maximum atomic E-state index is 13.0. The number of carbonyl (C=O) groups is 1. The van der Waals surface area contributed by atoms with Gasteiger partial charge in [0.25, 0.3) is 0 Å². The van der Waals surface area contributed by atoms with Crippen molar-refractivity contribution in [2.24, 2.45) is 0 Å². The van der Waals surface area contributed by atoms with Gasteiger partial charge in [0.05, 0.1) is 6.61 Å². The lowest BCUT2D eigenvalue weighted by Gasteiger charge is -2.49. The zero-order chi connectivity index (χ0) is 28.0. The molecule has 2 atom stereocenters. The highest BCUT2D eigenvalue weighted by Crippen LogP contribution is 2.44. The van der Waals surface area contributed by atoms with Gasteiger partial charge < -0.3 is 24.8 Å². The third-order valence-electron chi connectivity index (χ3n) is 7.47. The maximum Gasteiger partial charge on any atom is 0.378 e. The van der Waals surface area contributed by atoms with E-state index in [0.29, 0.717) is 0 Å². The second-order valence-corrected chi connectivity index (χ2v) is 10.2. The molecule has 3 N–H and O–H groups in total. The van der Waals surface area contributed by atoms with Crippen LogP contribution in [0.5, 0.6) is 0 Å². The Morgan fingerprint density at radius 2 is 1.02 bits per heavy atom. The lowest BCUT2D eigenvalue weighted by Crippen LogP contribution is -2.66. The molecule has 1 aliphatic heterocycles. The normalized spacial score (nSPS) is 16.9. The van der Waals surface area contributed by atoms with Crippen LogP contribution in [0, 0.1) is 0 Å². The number of ether oxygens (including phenoxy) is 2. The van der Waals surface area contributed by atoms with E-state index in [1.807, 2.05) is 121 Å². The summed E-state index contributed by atoms with van der Waals surface area (Å²) in [6.07, 6.45) is -1.15. The third-order valence-corrected chi connectivity index (χ3v) is 7.47. The fraction of sp³-hybridized carbons (Fsp3) is 0.206. The smallest absolute Gasteiger partial charge is 0.378 e. The molecule has 1 heterocycles. The van der Waals surface area contributed by atoms with Gasteiger partial charge >= 0.3 is 5.97 Å². The molecule has 5 rings (SSSR count). The summed E-state index contributed by atoms with van der Waals surface area (Å²) >= 11 is 0. The van der Waals surface area contributed by atoms with Gasteiger partial charge in [-0.25, -0.2) is 4.79 Å². The quantitative estimate of drug-likeness (QED) is 0.214. The Morgan fingerprint density at radius 3 is 1.43 bits per heavy atom. The molecule has 0 radical (unpaired) electrons. The topological polar surface area (TPSA) is 96.2 Å². The van der Waals surface area contributed by atoms with Crippen LogP contribution in [0.2, 0.25) is 0 Å². The molecule has 0 saturated carbocycles. The molecule has 0 amide bonds. The summed E-state index contributed by atoms with van der Waals surface area (Å²) < 4.78 is 12.3. The molecule has 4 aromatic rings. The first-order chi connectivity index (χ1) is 19.4. The lowest BCUT2D eigenvalue weighted by atomic mass is 9.68. The van der Waals surface area contributed by atoms with Crippen molar-refractivity contribution in [2.75, 3.05) is 0 Å². The van der Waals surface area contributed by atoms with Gasteiger partial charge in [0.1, 0.15) is 11.2 Å². The monoisotopic (exact) mass is 536 g/mol. The van der Waals surface area contributed by atoms with Crippen molar-refractivity contribution in [1.82, 2.24) is 0 Å². The van der Waals surface area contributed by atoms with Crippen LogP contribution >= 0.6 is 0 Å². The Morgan fingerprint density at radius 1 is 0.625 bits per heavy atom. The minimum atomic E-state index is -2.01. The summed E-state index contributed by atoms with van der Waals surface area (Å²) in [6.45, 7) is 0.148. The van der Waals surface area contributed by atoms with Crippen molar-refractivity contribution < 1.29 is 29.6 Å². The molecule has 204 valence electrons. The van der Waals surface area contributed by atoms with E-state index in [1.165, 1.54) is 0 Å². The summed E-state index contributed by atoms with van der Waals surface area (Å²) in [5.74, 6) is -2.71. The van der Waals surface area contributed by atoms with E-state index in [2.05, 4.69) is 0 Å². The van der Waals surface area contributed by atoms with Gasteiger partial charge in [-0.05, 0) is 22.3 Å².